The van der Waals surface area contributed by atoms with Gasteiger partial charge in [0, 0.05) is 0 Å². The second-order valence-electron chi connectivity index (χ2n) is 6.23. The van der Waals surface area contributed by atoms with Crippen molar-refractivity contribution in [2.75, 3.05) is 6.26 Å². The SMILES string of the molecule is CSC1C(NC(=O)Cc2ccccc2)C(=O)N1C(C(=O)O)c1ccccc1. The summed E-state index contributed by atoms with van der Waals surface area (Å²) in [7, 11) is 0. The van der Waals surface area contributed by atoms with Crippen molar-refractivity contribution in [1.29, 1.82) is 0 Å². The van der Waals surface area contributed by atoms with Crippen molar-refractivity contribution < 1.29 is 19.5 Å². The molecule has 1 saturated heterocycles. The summed E-state index contributed by atoms with van der Waals surface area (Å²) < 4.78 is 0. The molecule has 3 atom stereocenters. The van der Waals surface area contributed by atoms with E-state index in [0.29, 0.717) is 5.56 Å². The molecule has 0 saturated carbocycles. The zero-order chi connectivity index (χ0) is 19.4. The fourth-order valence-corrected chi connectivity index (χ4v) is 4.12. The number of amides is 2. The molecule has 27 heavy (non-hydrogen) atoms. The number of carbonyl (C=O) groups excluding carboxylic acids is 2. The Hall–Kier alpha value is -2.80. The average Bonchev–Trinajstić information content (AvgIpc) is 2.67. The third-order valence-electron chi connectivity index (χ3n) is 4.47. The predicted molar refractivity (Wildman–Crippen MR) is 103 cm³/mol. The van der Waals surface area contributed by atoms with E-state index < -0.39 is 23.4 Å². The van der Waals surface area contributed by atoms with Gasteiger partial charge in [-0.05, 0) is 17.4 Å². The van der Waals surface area contributed by atoms with Gasteiger partial charge in [0.1, 0.15) is 11.4 Å². The minimum Gasteiger partial charge on any atom is -0.479 e. The Bertz CT molecular complexity index is 828. The molecule has 2 aromatic rings. The van der Waals surface area contributed by atoms with Gasteiger partial charge >= 0.3 is 5.97 Å². The fraction of sp³-hybridized carbons (Fsp3) is 0.250. The van der Waals surface area contributed by atoms with E-state index in [1.165, 1.54) is 16.7 Å². The van der Waals surface area contributed by atoms with Crippen LogP contribution in [0.3, 0.4) is 0 Å². The normalized spacial score (nSPS) is 19.9. The maximum atomic E-state index is 12.7. The number of carboxylic acids is 1. The molecule has 0 aromatic heterocycles. The van der Waals surface area contributed by atoms with Crippen LogP contribution in [-0.2, 0) is 20.8 Å². The molecule has 140 valence electrons. The molecule has 0 aliphatic carbocycles. The number of aliphatic carboxylic acids is 1. The van der Waals surface area contributed by atoms with E-state index in [1.807, 2.05) is 30.3 Å². The van der Waals surface area contributed by atoms with Gasteiger partial charge in [-0.25, -0.2) is 4.79 Å². The van der Waals surface area contributed by atoms with Gasteiger partial charge in [0.15, 0.2) is 6.04 Å². The first-order chi connectivity index (χ1) is 13.0. The molecular formula is C20H20N2O4S. The second-order valence-corrected chi connectivity index (χ2v) is 7.19. The van der Waals surface area contributed by atoms with E-state index >= 15 is 0 Å². The Kier molecular flexibility index (Phi) is 5.81. The van der Waals surface area contributed by atoms with E-state index in [2.05, 4.69) is 5.32 Å². The first kappa shape index (κ1) is 19.0. The molecule has 2 aromatic carbocycles. The second kappa shape index (κ2) is 8.26. The van der Waals surface area contributed by atoms with Gasteiger partial charge in [-0.3, -0.25) is 9.59 Å². The standard InChI is InChI=1S/C20H20N2O4S/c1-27-19-16(21-15(23)12-13-8-4-2-5-9-13)18(24)22(19)17(20(25)26)14-10-6-3-7-11-14/h2-11,16-17,19H,12H2,1H3,(H,21,23)(H,25,26). The molecule has 1 aliphatic rings. The van der Waals surface area contributed by atoms with Crippen LogP contribution in [-0.4, -0.2) is 45.5 Å². The highest BCUT2D eigenvalue weighted by Crippen LogP contribution is 2.37. The predicted octanol–water partition coefficient (Wildman–Crippen LogP) is 2.07. The molecule has 2 N–H and O–H groups in total. The number of carboxylic acid groups (broad SMARTS) is 1. The molecule has 0 spiro atoms. The number of carbonyl (C=O) groups is 3. The van der Waals surface area contributed by atoms with E-state index in [4.69, 9.17) is 0 Å². The fourth-order valence-electron chi connectivity index (χ4n) is 3.21. The lowest BCUT2D eigenvalue weighted by Gasteiger charge is -2.48. The van der Waals surface area contributed by atoms with E-state index in [0.717, 1.165) is 5.56 Å². The number of likely N-dealkylation sites (tertiary alicyclic amines) is 1. The van der Waals surface area contributed by atoms with E-state index in [9.17, 15) is 19.5 Å². The Morgan fingerprint density at radius 2 is 1.70 bits per heavy atom. The lowest BCUT2D eigenvalue weighted by atomic mass is 9.97. The monoisotopic (exact) mass is 384 g/mol. The zero-order valence-corrected chi connectivity index (χ0v) is 15.6. The molecule has 3 rings (SSSR count). The van der Waals surface area contributed by atoms with Gasteiger partial charge in [0.05, 0.1) is 6.42 Å². The Morgan fingerprint density at radius 3 is 2.26 bits per heavy atom. The number of thioether (sulfide) groups is 1. The molecule has 0 radical (unpaired) electrons. The van der Waals surface area contributed by atoms with Crippen molar-refractivity contribution in [2.24, 2.45) is 0 Å². The van der Waals surface area contributed by atoms with E-state index in [1.54, 1.807) is 36.6 Å². The number of benzene rings is 2. The number of hydrogen-bond acceptors (Lipinski definition) is 4. The molecule has 0 bridgehead atoms. The minimum atomic E-state index is -1.09. The summed E-state index contributed by atoms with van der Waals surface area (Å²) >= 11 is 1.35. The highest BCUT2D eigenvalue weighted by Gasteiger charge is 2.53. The van der Waals surface area contributed by atoms with Crippen LogP contribution in [0.4, 0.5) is 0 Å². The van der Waals surface area contributed by atoms with Crippen LogP contribution in [0.2, 0.25) is 0 Å². The quantitative estimate of drug-likeness (QED) is 0.714. The third-order valence-corrected chi connectivity index (χ3v) is 5.46. The molecule has 7 heteroatoms. The van der Waals surface area contributed by atoms with Crippen molar-refractivity contribution in [3.05, 3.63) is 71.8 Å². The summed E-state index contributed by atoms with van der Waals surface area (Å²) in [6.07, 6.45) is 1.97. The van der Waals surface area contributed by atoms with Crippen LogP contribution in [0, 0.1) is 0 Å². The van der Waals surface area contributed by atoms with E-state index in [-0.39, 0.29) is 18.2 Å². The van der Waals surface area contributed by atoms with Crippen LogP contribution in [0.25, 0.3) is 0 Å². The van der Waals surface area contributed by atoms with Crippen molar-refractivity contribution >= 4 is 29.5 Å². The molecular weight excluding hydrogens is 364 g/mol. The van der Waals surface area contributed by atoms with Gasteiger partial charge < -0.3 is 15.3 Å². The van der Waals surface area contributed by atoms with Crippen LogP contribution in [0.1, 0.15) is 17.2 Å². The Morgan fingerprint density at radius 1 is 1.11 bits per heavy atom. The van der Waals surface area contributed by atoms with Gasteiger partial charge in [0.25, 0.3) is 0 Å². The molecule has 1 fully saturated rings. The van der Waals surface area contributed by atoms with Crippen LogP contribution in [0.5, 0.6) is 0 Å². The van der Waals surface area contributed by atoms with Gasteiger partial charge in [-0.2, -0.15) is 0 Å². The smallest absolute Gasteiger partial charge is 0.331 e. The summed E-state index contributed by atoms with van der Waals surface area (Å²) in [6.45, 7) is 0. The maximum absolute atomic E-state index is 12.7. The highest BCUT2D eigenvalue weighted by atomic mass is 32.2. The minimum absolute atomic E-state index is 0.173. The summed E-state index contributed by atoms with van der Waals surface area (Å²) in [5.74, 6) is -1.74. The first-order valence-corrected chi connectivity index (χ1v) is 9.77. The Labute approximate surface area is 161 Å². The lowest BCUT2D eigenvalue weighted by Crippen LogP contribution is -2.70. The van der Waals surface area contributed by atoms with Crippen LogP contribution >= 0.6 is 11.8 Å². The molecule has 1 heterocycles. The summed E-state index contributed by atoms with van der Waals surface area (Å²) in [4.78, 5) is 38.1. The maximum Gasteiger partial charge on any atom is 0.331 e. The molecule has 3 unspecified atom stereocenters. The van der Waals surface area contributed by atoms with Gasteiger partial charge in [-0.1, -0.05) is 60.7 Å². The summed E-state index contributed by atoms with van der Waals surface area (Å²) in [5.41, 5.74) is 1.39. The van der Waals surface area contributed by atoms with Crippen LogP contribution < -0.4 is 5.32 Å². The largest absolute Gasteiger partial charge is 0.479 e. The van der Waals surface area contributed by atoms with Crippen molar-refractivity contribution in [1.82, 2.24) is 10.2 Å². The van der Waals surface area contributed by atoms with Crippen molar-refractivity contribution in [3.63, 3.8) is 0 Å². The molecule has 1 aliphatic heterocycles. The molecule has 2 amide bonds. The number of hydrogen-bond donors (Lipinski definition) is 2. The zero-order valence-electron chi connectivity index (χ0n) is 14.7. The number of rotatable bonds is 7. The topological polar surface area (TPSA) is 86.7 Å². The first-order valence-electron chi connectivity index (χ1n) is 8.49. The van der Waals surface area contributed by atoms with Crippen molar-refractivity contribution in [3.8, 4) is 0 Å². The van der Waals surface area contributed by atoms with Gasteiger partial charge in [0.2, 0.25) is 11.8 Å². The highest BCUT2D eigenvalue weighted by molar-refractivity contribution is 7.99. The number of nitrogens with zero attached hydrogens (tertiary/aromatic N) is 1. The van der Waals surface area contributed by atoms with Gasteiger partial charge in [-0.15, -0.1) is 11.8 Å². The lowest BCUT2D eigenvalue weighted by molar-refractivity contribution is -0.162. The summed E-state index contributed by atoms with van der Waals surface area (Å²) in [6, 6.07) is 16.1. The number of nitrogens with one attached hydrogen (secondary N) is 1. The average molecular weight is 384 g/mol. The molecule has 6 nitrogen and oxygen atoms in total. The van der Waals surface area contributed by atoms with Crippen molar-refractivity contribution in [2.45, 2.75) is 23.9 Å². The number of β-lactam (4-membered cyclic amide) rings is 1. The third kappa shape index (κ3) is 3.98. The summed E-state index contributed by atoms with van der Waals surface area (Å²) in [5, 5.41) is 12.0. The van der Waals surface area contributed by atoms with Crippen LogP contribution in [0.15, 0.2) is 60.7 Å². The Balaban J connectivity index is 1.72.